The van der Waals surface area contributed by atoms with E-state index in [2.05, 4.69) is 17.2 Å². The summed E-state index contributed by atoms with van der Waals surface area (Å²) in [7, 11) is 0. The lowest BCUT2D eigenvalue weighted by molar-refractivity contribution is 0.0696. The second-order valence-corrected chi connectivity index (χ2v) is 4.83. The molecule has 5 heteroatoms. The van der Waals surface area contributed by atoms with Gasteiger partial charge in [-0.2, -0.15) is 0 Å². The molecule has 2 N–H and O–H groups in total. The summed E-state index contributed by atoms with van der Waals surface area (Å²) in [6.07, 6.45) is 1.83. The van der Waals surface area contributed by atoms with Crippen molar-refractivity contribution in [3.63, 3.8) is 0 Å². The summed E-state index contributed by atoms with van der Waals surface area (Å²) < 4.78 is 18.6. The van der Waals surface area contributed by atoms with Crippen molar-refractivity contribution < 1.29 is 19.0 Å². The molecular formula is C16H18FNO3. The first-order valence-electron chi connectivity index (χ1n) is 6.98. The van der Waals surface area contributed by atoms with Crippen LogP contribution < -0.4 is 5.32 Å². The molecule has 0 saturated carbocycles. The standard InChI is InChI=1S/C16H18FNO3/c17-13-5-4-12(3-1-2-8-19)15(11-13)16(20)18-14-6-9-21-10-7-14/h4-5,11,14,19H,2,6-10H2,(H,18,20). The molecule has 0 spiro atoms. The van der Waals surface area contributed by atoms with Gasteiger partial charge in [0.25, 0.3) is 5.91 Å². The number of halogens is 1. The topological polar surface area (TPSA) is 58.6 Å². The van der Waals surface area contributed by atoms with Crippen molar-refractivity contribution in [2.24, 2.45) is 0 Å². The molecule has 1 aromatic rings. The van der Waals surface area contributed by atoms with E-state index >= 15 is 0 Å². The average molecular weight is 291 g/mol. The normalized spacial score (nSPS) is 15.1. The number of aliphatic hydroxyl groups excluding tert-OH is 1. The van der Waals surface area contributed by atoms with Gasteiger partial charge >= 0.3 is 0 Å². The molecule has 0 radical (unpaired) electrons. The Morgan fingerprint density at radius 2 is 2.19 bits per heavy atom. The summed E-state index contributed by atoms with van der Waals surface area (Å²) in [5.41, 5.74) is 0.696. The number of aliphatic hydroxyl groups is 1. The molecule has 0 aliphatic carbocycles. The summed E-state index contributed by atoms with van der Waals surface area (Å²) in [6.45, 7) is 1.20. The lowest BCUT2D eigenvalue weighted by Crippen LogP contribution is -2.39. The van der Waals surface area contributed by atoms with E-state index in [1.54, 1.807) is 0 Å². The maximum atomic E-state index is 13.4. The van der Waals surface area contributed by atoms with E-state index in [0.29, 0.717) is 25.2 Å². The van der Waals surface area contributed by atoms with Crippen LogP contribution in [-0.4, -0.2) is 36.9 Å². The third-order valence-corrected chi connectivity index (χ3v) is 3.24. The van der Waals surface area contributed by atoms with Crippen molar-refractivity contribution in [2.45, 2.75) is 25.3 Å². The summed E-state index contributed by atoms with van der Waals surface area (Å²) in [5, 5.41) is 11.6. The zero-order chi connectivity index (χ0) is 15.1. The number of hydrogen-bond acceptors (Lipinski definition) is 3. The van der Waals surface area contributed by atoms with Crippen molar-refractivity contribution in [1.82, 2.24) is 5.32 Å². The van der Waals surface area contributed by atoms with Crippen LogP contribution in [0, 0.1) is 17.7 Å². The molecule has 0 atom stereocenters. The molecule has 21 heavy (non-hydrogen) atoms. The van der Waals surface area contributed by atoms with Crippen LogP contribution in [0.25, 0.3) is 0 Å². The van der Waals surface area contributed by atoms with Crippen LogP contribution in [0.1, 0.15) is 35.2 Å². The zero-order valence-electron chi connectivity index (χ0n) is 11.7. The van der Waals surface area contributed by atoms with Gasteiger partial charge in [-0.3, -0.25) is 4.79 Å². The van der Waals surface area contributed by atoms with Gasteiger partial charge in [-0.25, -0.2) is 4.39 Å². The number of hydrogen-bond donors (Lipinski definition) is 2. The molecule has 2 rings (SSSR count). The van der Waals surface area contributed by atoms with E-state index in [-0.39, 0.29) is 24.1 Å². The number of rotatable bonds is 3. The van der Waals surface area contributed by atoms with Gasteiger partial charge in [-0.05, 0) is 31.0 Å². The van der Waals surface area contributed by atoms with Crippen molar-refractivity contribution in [1.29, 1.82) is 0 Å². The minimum Gasteiger partial charge on any atom is -0.395 e. The van der Waals surface area contributed by atoms with Crippen LogP contribution >= 0.6 is 0 Å². The van der Waals surface area contributed by atoms with E-state index in [9.17, 15) is 9.18 Å². The van der Waals surface area contributed by atoms with E-state index in [0.717, 1.165) is 12.8 Å². The minimum atomic E-state index is -0.472. The molecular weight excluding hydrogens is 273 g/mol. The maximum Gasteiger partial charge on any atom is 0.252 e. The van der Waals surface area contributed by atoms with E-state index in [4.69, 9.17) is 9.84 Å². The highest BCUT2D eigenvalue weighted by Gasteiger charge is 2.19. The number of carbonyl (C=O) groups is 1. The van der Waals surface area contributed by atoms with Gasteiger partial charge in [-0.1, -0.05) is 11.8 Å². The molecule has 1 amide bonds. The number of carbonyl (C=O) groups excluding carboxylic acids is 1. The zero-order valence-corrected chi connectivity index (χ0v) is 11.7. The highest BCUT2D eigenvalue weighted by molar-refractivity contribution is 5.97. The predicted molar refractivity (Wildman–Crippen MR) is 76.3 cm³/mol. The quantitative estimate of drug-likeness (QED) is 0.829. The Bertz CT molecular complexity index is 556. The first-order valence-corrected chi connectivity index (χ1v) is 6.98. The van der Waals surface area contributed by atoms with Crippen LogP contribution in [0.3, 0.4) is 0 Å². The van der Waals surface area contributed by atoms with Gasteiger partial charge in [0.2, 0.25) is 0 Å². The van der Waals surface area contributed by atoms with Crippen LogP contribution in [0.4, 0.5) is 4.39 Å². The first kappa shape index (κ1) is 15.5. The van der Waals surface area contributed by atoms with Crippen LogP contribution in [0.15, 0.2) is 18.2 Å². The molecule has 112 valence electrons. The van der Waals surface area contributed by atoms with Gasteiger partial charge in [0.15, 0.2) is 0 Å². The van der Waals surface area contributed by atoms with Gasteiger partial charge < -0.3 is 15.2 Å². The fraction of sp³-hybridized carbons (Fsp3) is 0.438. The van der Waals surface area contributed by atoms with Gasteiger partial charge in [0.1, 0.15) is 5.82 Å². The largest absolute Gasteiger partial charge is 0.395 e. The molecule has 1 aromatic carbocycles. The number of benzene rings is 1. The lowest BCUT2D eigenvalue weighted by Gasteiger charge is -2.23. The van der Waals surface area contributed by atoms with E-state index < -0.39 is 5.82 Å². The molecule has 0 unspecified atom stereocenters. The second-order valence-electron chi connectivity index (χ2n) is 4.83. The molecule has 1 aliphatic rings. The van der Waals surface area contributed by atoms with E-state index in [1.807, 2.05) is 0 Å². The molecule has 1 aliphatic heterocycles. The smallest absolute Gasteiger partial charge is 0.252 e. The Morgan fingerprint density at radius 3 is 2.90 bits per heavy atom. The molecule has 0 aromatic heterocycles. The first-order chi connectivity index (χ1) is 10.2. The third-order valence-electron chi connectivity index (χ3n) is 3.24. The molecule has 4 nitrogen and oxygen atoms in total. The molecule has 1 saturated heterocycles. The number of amides is 1. The van der Waals surface area contributed by atoms with Crippen molar-refractivity contribution in [3.05, 3.63) is 35.1 Å². The predicted octanol–water partition coefficient (Wildman–Crippen LogP) is 1.47. The summed E-state index contributed by atoms with van der Waals surface area (Å²) in [6, 6.07) is 4.00. The van der Waals surface area contributed by atoms with Crippen molar-refractivity contribution in [2.75, 3.05) is 19.8 Å². The Balaban J connectivity index is 2.14. The van der Waals surface area contributed by atoms with Crippen LogP contribution in [0.2, 0.25) is 0 Å². The van der Waals surface area contributed by atoms with Crippen LogP contribution in [0.5, 0.6) is 0 Å². The molecule has 1 fully saturated rings. The van der Waals surface area contributed by atoms with Gasteiger partial charge in [0, 0.05) is 31.2 Å². The average Bonchev–Trinajstić information content (AvgIpc) is 2.50. The van der Waals surface area contributed by atoms with E-state index in [1.165, 1.54) is 18.2 Å². The third kappa shape index (κ3) is 4.55. The highest BCUT2D eigenvalue weighted by atomic mass is 19.1. The maximum absolute atomic E-state index is 13.4. The highest BCUT2D eigenvalue weighted by Crippen LogP contribution is 2.13. The monoisotopic (exact) mass is 291 g/mol. The Labute approximate surface area is 123 Å². The molecule has 1 heterocycles. The summed E-state index contributed by atoms with van der Waals surface area (Å²) >= 11 is 0. The van der Waals surface area contributed by atoms with Gasteiger partial charge in [-0.15, -0.1) is 0 Å². The molecule has 0 bridgehead atoms. The fourth-order valence-electron chi connectivity index (χ4n) is 2.13. The number of nitrogens with one attached hydrogen (secondary N) is 1. The van der Waals surface area contributed by atoms with Crippen molar-refractivity contribution in [3.8, 4) is 11.8 Å². The lowest BCUT2D eigenvalue weighted by atomic mass is 10.0. The van der Waals surface area contributed by atoms with Crippen LogP contribution in [-0.2, 0) is 4.74 Å². The fourth-order valence-corrected chi connectivity index (χ4v) is 2.13. The van der Waals surface area contributed by atoms with Gasteiger partial charge in [0.05, 0.1) is 12.2 Å². The summed E-state index contributed by atoms with van der Waals surface area (Å²) in [4.78, 5) is 12.3. The second kappa shape index (κ2) is 7.77. The Morgan fingerprint density at radius 1 is 1.43 bits per heavy atom. The minimum absolute atomic E-state index is 0.0439. The Kier molecular flexibility index (Phi) is 5.73. The summed E-state index contributed by atoms with van der Waals surface area (Å²) in [5.74, 6) is 4.75. The van der Waals surface area contributed by atoms with Crippen molar-refractivity contribution >= 4 is 5.91 Å². The number of ether oxygens (including phenoxy) is 1. The Hall–Kier alpha value is -1.90. The SMILES string of the molecule is O=C(NC1CCOCC1)c1cc(F)ccc1C#CCCO.